The molecule has 0 N–H and O–H groups in total. The lowest BCUT2D eigenvalue weighted by Gasteiger charge is -2.33. The van der Waals surface area contributed by atoms with Crippen LogP contribution in [0, 0.1) is 0 Å². The topological polar surface area (TPSA) is 6.48 Å². The molecule has 0 heterocycles. The molecule has 0 amide bonds. The predicted molar refractivity (Wildman–Crippen MR) is 256 cm³/mol. The number of benzene rings is 10. The zero-order valence-corrected chi connectivity index (χ0v) is 33.4. The summed E-state index contributed by atoms with van der Waals surface area (Å²) in [4.78, 5) is 4.88. The van der Waals surface area contributed by atoms with Crippen molar-refractivity contribution in [2.45, 2.75) is 25.7 Å². The van der Waals surface area contributed by atoms with Crippen molar-refractivity contribution in [1.29, 1.82) is 0 Å². The van der Waals surface area contributed by atoms with E-state index < -0.39 is 0 Å². The highest BCUT2D eigenvalue weighted by molar-refractivity contribution is 5.99. The van der Waals surface area contributed by atoms with Crippen LogP contribution in [0.1, 0.15) is 35.1 Å². The molecule has 10 aromatic rings. The second kappa shape index (κ2) is 14.1. The van der Waals surface area contributed by atoms with Crippen LogP contribution in [0.3, 0.4) is 0 Å². The Hall–Kier alpha value is -7.42. The number of nitrogens with zero attached hydrogens (tertiary/aromatic N) is 2. The van der Waals surface area contributed by atoms with Gasteiger partial charge in [-0.3, -0.25) is 0 Å². The van der Waals surface area contributed by atoms with Crippen LogP contribution in [0.5, 0.6) is 0 Å². The first-order chi connectivity index (χ1) is 29.7. The highest BCUT2D eigenvalue weighted by Gasteiger charge is 2.27. The summed E-state index contributed by atoms with van der Waals surface area (Å²) in [6, 6.07) is 76.5. The summed E-state index contributed by atoms with van der Waals surface area (Å²) in [5, 5.41) is 10.00. The number of anilines is 6. The van der Waals surface area contributed by atoms with E-state index in [4.69, 9.17) is 0 Å². The van der Waals surface area contributed by atoms with Gasteiger partial charge in [0.05, 0.1) is 0 Å². The zero-order chi connectivity index (χ0) is 39.6. The third-order valence-corrected chi connectivity index (χ3v) is 13.0. The van der Waals surface area contributed by atoms with Crippen LogP contribution in [0.2, 0.25) is 0 Å². The van der Waals surface area contributed by atoms with Gasteiger partial charge in [0, 0.05) is 34.1 Å². The van der Waals surface area contributed by atoms with E-state index in [2.05, 4.69) is 216 Å². The number of fused-ring (bicyclic) bond motifs is 8. The maximum Gasteiger partial charge on any atom is 0.0468 e. The molecule has 0 atom stereocenters. The molecule has 0 saturated heterocycles. The normalized spacial score (nSPS) is 13.3. The fourth-order valence-corrected chi connectivity index (χ4v) is 10.0. The minimum absolute atomic E-state index is 1.02. The van der Waals surface area contributed by atoms with Gasteiger partial charge in [-0.1, -0.05) is 133 Å². The summed E-state index contributed by atoms with van der Waals surface area (Å²) < 4.78 is 0. The smallest absolute Gasteiger partial charge is 0.0468 e. The van der Waals surface area contributed by atoms with Crippen LogP contribution < -0.4 is 9.80 Å². The summed E-state index contributed by atoms with van der Waals surface area (Å²) in [7, 11) is 0. The number of hydrogen-bond acceptors (Lipinski definition) is 2. The SMILES string of the molecule is c1ccc2cc(N(c3ccc4c(c3)CCC3=C4CCc4cc(N(c5ccc6ccccc6c5)c5ccc6ccccc6c5)ccc43)c3ccc4ccccc4c3)ccc2c1. The molecule has 0 radical (unpaired) electrons. The van der Waals surface area contributed by atoms with Crippen LogP contribution in [0.4, 0.5) is 34.1 Å². The first-order valence-corrected chi connectivity index (χ1v) is 21.2. The van der Waals surface area contributed by atoms with E-state index in [9.17, 15) is 0 Å². The molecular weight excluding hydrogens is 725 g/mol. The average Bonchev–Trinajstić information content (AvgIpc) is 3.31. The Kier molecular flexibility index (Phi) is 8.16. The van der Waals surface area contributed by atoms with E-state index in [-0.39, 0.29) is 0 Å². The van der Waals surface area contributed by atoms with Gasteiger partial charge in [-0.15, -0.1) is 0 Å². The molecule has 0 bridgehead atoms. The highest BCUT2D eigenvalue weighted by atomic mass is 15.1. The minimum Gasteiger partial charge on any atom is -0.310 e. The predicted octanol–water partition coefficient (Wildman–Crippen LogP) is 16.0. The van der Waals surface area contributed by atoms with Crippen molar-refractivity contribution in [1.82, 2.24) is 0 Å². The monoisotopic (exact) mass is 766 g/mol. The largest absolute Gasteiger partial charge is 0.310 e. The summed E-state index contributed by atoms with van der Waals surface area (Å²) in [5.41, 5.74) is 15.8. The Morgan fingerprint density at radius 1 is 0.233 bits per heavy atom. The highest BCUT2D eigenvalue weighted by Crippen LogP contribution is 2.48. The summed E-state index contributed by atoms with van der Waals surface area (Å²) in [6.45, 7) is 0. The first-order valence-electron chi connectivity index (χ1n) is 21.2. The third kappa shape index (κ3) is 5.95. The lowest BCUT2D eigenvalue weighted by Crippen LogP contribution is -2.15. The van der Waals surface area contributed by atoms with Crippen molar-refractivity contribution in [2.75, 3.05) is 9.80 Å². The fraction of sp³-hybridized carbons (Fsp3) is 0.0690. The standard InChI is InChI=1S/C58H42N2/c1-5-13-43-33-49(23-17-39(43)9-1)59(50-24-18-40-10-2-6-14-44(40)34-50)53-27-31-55-47(37-53)21-29-58-56-32-28-54(38-48(56)22-30-57(55)58)60(51-25-19-41-11-3-7-15-45(41)35-51)52-26-20-42-12-4-8-16-46(42)36-52/h1-20,23-28,31-38H,21-22,29-30H2. The van der Waals surface area contributed by atoms with E-state index in [0.29, 0.717) is 0 Å². The van der Waals surface area contributed by atoms with E-state index in [1.54, 1.807) is 0 Å². The maximum atomic E-state index is 2.47. The third-order valence-electron chi connectivity index (χ3n) is 13.0. The molecule has 2 aliphatic rings. The number of allylic oxidation sites excluding steroid dienone is 2. The van der Waals surface area contributed by atoms with E-state index in [1.807, 2.05) is 0 Å². The molecular formula is C58H42N2. The fourth-order valence-electron chi connectivity index (χ4n) is 10.0. The molecule has 0 saturated carbocycles. The molecule has 0 unspecified atom stereocenters. The van der Waals surface area contributed by atoms with Gasteiger partial charge in [-0.05, 0) is 175 Å². The first kappa shape index (κ1) is 34.6. The van der Waals surface area contributed by atoms with Crippen molar-refractivity contribution < 1.29 is 0 Å². The van der Waals surface area contributed by atoms with Crippen LogP contribution >= 0.6 is 0 Å². The van der Waals surface area contributed by atoms with Crippen molar-refractivity contribution >= 4 is 88.4 Å². The van der Waals surface area contributed by atoms with E-state index in [1.165, 1.54) is 111 Å². The van der Waals surface area contributed by atoms with Crippen molar-refractivity contribution in [2.24, 2.45) is 0 Å². The van der Waals surface area contributed by atoms with Gasteiger partial charge in [0.1, 0.15) is 0 Å². The summed E-state index contributed by atoms with van der Waals surface area (Å²) >= 11 is 0. The molecule has 284 valence electrons. The quantitative estimate of drug-likeness (QED) is 0.166. The van der Waals surface area contributed by atoms with Crippen molar-refractivity contribution in [3.05, 3.63) is 229 Å². The molecule has 0 aromatic heterocycles. The second-order valence-electron chi connectivity index (χ2n) is 16.4. The Balaban J connectivity index is 0.932. The lowest BCUT2D eigenvalue weighted by molar-refractivity contribution is 0.918. The summed E-state index contributed by atoms with van der Waals surface area (Å²) in [5.74, 6) is 0. The molecule has 0 aliphatic heterocycles. The zero-order valence-electron chi connectivity index (χ0n) is 33.4. The Bertz CT molecular complexity index is 2970. The average molecular weight is 767 g/mol. The van der Waals surface area contributed by atoms with E-state index >= 15 is 0 Å². The van der Waals surface area contributed by atoms with Gasteiger partial charge >= 0.3 is 0 Å². The molecule has 2 aliphatic carbocycles. The Morgan fingerprint density at radius 2 is 0.500 bits per heavy atom. The lowest BCUT2D eigenvalue weighted by atomic mass is 9.75. The van der Waals surface area contributed by atoms with Crippen molar-refractivity contribution in [3.8, 4) is 0 Å². The van der Waals surface area contributed by atoms with Gasteiger partial charge in [-0.2, -0.15) is 0 Å². The van der Waals surface area contributed by atoms with Gasteiger partial charge in [-0.25, -0.2) is 0 Å². The number of rotatable bonds is 6. The molecule has 2 heteroatoms. The molecule has 0 spiro atoms. The van der Waals surface area contributed by atoms with Crippen LogP contribution in [-0.4, -0.2) is 0 Å². The van der Waals surface area contributed by atoms with E-state index in [0.717, 1.165) is 25.7 Å². The van der Waals surface area contributed by atoms with Gasteiger partial charge in [0.25, 0.3) is 0 Å². The van der Waals surface area contributed by atoms with Crippen LogP contribution in [-0.2, 0) is 12.8 Å². The van der Waals surface area contributed by atoms with Gasteiger partial charge in [0.15, 0.2) is 0 Å². The second-order valence-corrected chi connectivity index (χ2v) is 16.4. The molecule has 60 heavy (non-hydrogen) atoms. The molecule has 10 aromatic carbocycles. The van der Waals surface area contributed by atoms with Gasteiger partial charge in [0.2, 0.25) is 0 Å². The maximum absolute atomic E-state index is 2.47. The Morgan fingerprint density at radius 3 is 0.817 bits per heavy atom. The summed E-state index contributed by atoms with van der Waals surface area (Å²) in [6.07, 6.45) is 4.13. The minimum atomic E-state index is 1.02. The Labute approximate surface area is 350 Å². The van der Waals surface area contributed by atoms with Crippen molar-refractivity contribution in [3.63, 3.8) is 0 Å². The molecule has 12 rings (SSSR count). The molecule has 0 fully saturated rings. The number of aryl methyl sites for hydroxylation is 2. The molecule has 2 nitrogen and oxygen atoms in total. The van der Waals surface area contributed by atoms with Crippen LogP contribution in [0.15, 0.2) is 206 Å². The van der Waals surface area contributed by atoms with Gasteiger partial charge < -0.3 is 9.80 Å². The van der Waals surface area contributed by atoms with Crippen LogP contribution in [0.25, 0.3) is 54.2 Å². The number of hydrogen-bond donors (Lipinski definition) is 0.